The summed E-state index contributed by atoms with van der Waals surface area (Å²) in [5.41, 5.74) is 0. The number of nitrogens with zero attached hydrogens (tertiary/aromatic N) is 3. The minimum absolute atomic E-state index is 0.0903. The lowest BCUT2D eigenvalue weighted by Crippen LogP contribution is -2.42. The van der Waals surface area contributed by atoms with E-state index in [0.29, 0.717) is 25.2 Å². The Kier molecular flexibility index (Phi) is 4.27. The van der Waals surface area contributed by atoms with Gasteiger partial charge in [-0.15, -0.1) is 0 Å². The van der Waals surface area contributed by atoms with Crippen molar-refractivity contribution in [1.29, 1.82) is 0 Å². The number of aryl methyl sites for hydroxylation is 2. The molecule has 0 aliphatic carbocycles. The molecule has 1 aliphatic heterocycles. The van der Waals surface area contributed by atoms with Crippen molar-refractivity contribution in [2.24, 2.45) is 0 Å². The van der Waals surface area contributed by atoms with Gasteiger partial charge in [0.2, 0.25) is 0 Å². The standard InChI is InChI=1S/C12H21N3O3S/c1-3-6-14-9-12(13-10(14)2)19(17,18)15-7-4-5-11(16)8-15/h9,11,16H,3-8H2,1-2H3. The van der Waals surface area contributed by atoms with Crippen LogP contribution in [0.3, 0.4) is 0 Å². The number of imidazole rings is 1. The molecule has 0 amide bonds. The monoisotopic (exact) mass is 287 g/mol. The van der Waals surface area contributed by atoms with Gasteiger partial charge in [-0.2, -0.15) is 4.31 Å². The molecule has 19 heavy (non-hydrogen) atoms. The number of β-amino-alcohol motifs (C(OH)–C–C–N with tert-alkyl or cyclic N) is 1. The van der Waals surface area contributed by atoms with Crippen LogP contribution in [0, 0.1) is 6.92 Å². The largest absolute Gasteiger partial charge is 0.392 e. The zero-order valence-electron chi connectivity index (χ0n) is 11.4. The van der Waals surface area contributed by atoms with E-state index in [9.17, 15) is 13.5 Å². The summed E-state index contributed by atoms with van der Waals surface area (Å²) in [6, 6.07) is 0. The first-order valence-electron chi connectivity index (χ1n) is 6.67. The Bertz CT molecular complexity index is 538. The molecule has 1 saturated heterocycles. The first-order chi connectivity index (χ1) is 8.95. The van der Waals surface area contributed by atoms with Crippen molar-refractivity contribution in [3.05, 3.63) is 12.0 Å². The summed E-state index contributed by atoms with van der Waals surface area (Å²) >= 11 is 0. The van der Waals surface area contributed by atoms with Gasteiger partial charge in [0, 0.05) is 25.8 Å². The predicted molar refractivity (Wildman–Crippen MR) is 71.3 cm³/mol. The first kappa shape index (κ1) is 14.5. The van der Waals surface area contributed by atoms with Crippen LogP contribution in [0.5, 0.6) is 0 Å². The molecule has 6 nitrogen and oxygen atoms in total. The van der Waals surface area contributed by atoms with E-state index in [1.54, 1.807) is 13.1 Å². The van der Waals surface area contributed by atoms with Crippen molar-refractivity contribution in [3.63, 3.8) is 0 Å². The Morgan fingerprint density at radius 3 is 2.89 bits per heavy atom. The summed E-state index contributed by atoms with van der Waals surface area (Å²) < 4.78 is 28.1. The maximum absolute atomic E-state index is 12.4. The highest BCUT2D eigenvalue weighted by Crippen LogP contribution is 2.20. The molecule has 0 aromatic carbocycles. The molecular formula is C12H21N3O3S. The number of aromatic nitrogens is 2. The fraction of sp³-hybridized carbons (Fsp3) is 0.750. The second-order valence-corrected chi connectivity index (χ2v) is 6.86. The maximum atomic E-state index is 12.4. The fourth-order valence-electron chi connectivity index (χ4n) is 2.34. The quantitative estimate of drug-likeness (QED) is 0.886. The Balaban J connectivity index is 2.26. The van der Waals surface area contributed by atoms with Gasteiger partial charge in [0.25, 0.3) is 10.0 Å². The number of hydrogen-bond acceptors (Lipinski definition) is 4. The predicted octanol–water partition coefficient (Wildman–Crippen LogP) is 0.747. The Morgan fingerprint density at radius 2 is 2.26 bits per heavy atom. The Hall–Kier alpha value is -0.920. The van der Waals surface area contributed by atoms with Crippen LogP contribution in [0.4, 0.5) is 0 Å². The van der Waals surface area contributed by atoms with Gasteiger partial charge in [-0.3, -0.25) is 0 Å². The number of hydrogen-bond donors (Lipinski definition) is 1. The van der Waals surface area contributed by atoms with Crippen LogP contribution in [0.1, 0.15) is 32.0 Å². The van der Waals surface area contributed by atoms with Crippen molar-refractivity contribution in [3.8, 4) is 0 Å². The molecule has 2 rings (SSSR count). The van der Waals surface area contributed by atoms with Crippen LogP contribution in [-0.4, -0.2) is 46.6 Å². The lowest BCUT2D eigenvalue weighted by Gasteiger charge is -2.28. The Morgan fingerprint density at radius 1 is 1.53 bits per heavy atom. The molecule has 2 heterocycles. The van der Waals surface area contributed by atoms with E-state index in [0.717, 1.165) is 13.0 Å². The fourth-order valence-corrected chi connectivity index (χ4v) is 3.85. The molecule has 7 heteroatoms. The molecule has 1 unspecified atom stereocenters. The normalized spacial score (nSPS) is 21.7. The highest BCUT2D eigenvalue weighted by Gasteiger charge is 2.31. The summed E-state index contributed by atoms with van der Waals surface area (Å²) in [4.78, 5) is 4.15. The molecule has 0 saturated carbocycles. The molecule has 1 fully saturated rings. The van der Waals surface area contributed by atoms with Crippen LogP contribution in [0.25, 0.3) is 0 Å². The number of sulfonamides is 1. The molecule has 1 atom stereocenters. The third kappa shape index (κ3) is 2.98. The molecule has 0 spiro atoms. The minimum Gasteiger partial charge on any atom is -0.392 e. The molecule has 1 aliphatic rings. The van der Waals surface area contributed by atoms with Gasteiger partial charge in [0.05, 0.1) is 6.10 Å². The van der Waals surface area contributed by atoms with Crippen molar-refractivity contribution in [2.45, 2.75) is 50.8 Å². The molecule has 108 valence electrons. The van der Waals surface area contributed by atoms with Crippen LogP contribution >= 0.6 is 0 Å². The van der Waals surface area contributed by atoms with Crippen LogP contribution in [0.2, 0.25) is 0 Å². The van der Waals surface area contributed by atoms with Gasteiger partial charge in [-0.1, -0.05) is 6.92 Å². The highest BCUT2D eigenvalue weighted by molar-refractivity contribution is 7.89. The van der Waals surface area contributed by atoms with Crippen molar-refractivity contribution >= 4 is 10.0 Å². The summed E-state index contributed by atoms with van der Waals surface area (Å²) in [6.07, 6.45) is 3.31. The van der Waals surface area contributed by atoms with Gasteiger partial charge in [0.1, 0.15) is 5.82 Å². The average molecular weight is 287 g/mol. The van der Waals surface area contributed by atoms with Crippen LogP contribution < -0.4 is 0 Å². The van der Waals surface area contributed by atoms with Gasteiger partial charge in [-0.25, -0.2) is 13.4 Å². The second-order valence-electron chi connectivity index (χ2n) is 4.98. The Labute approximate surface area is 114 Å². The van der Waals surface area contributed by atoms with E-state index < -0.39 is 16.1 Å². The van der Waals surface area contributed by atoms with Gasteiger partial charge >= 0.3 is 0 Å². The summed E-state index contributed by atoms with van der Waals surface area (Å²) in [5, 5.41) is 9.69. The lowest BCUT2D eigenvalue weighted by atomic mass is 10.1. The van der Waals surface area contributed by atoms with Gasteiger partial charge < -0.3 is 9.67 Å². The summed E-state index contributed by atoms with van der Waals surface area (Å²) in [7, 11) is -3.57. The lowest BCUT2D eigenvalue weighted by molar-refractivity contribution is 0.108. The highest BCUT2D eigenvalue weighted by atomic mass is 32.2. The number of rotatable bonds is 4. The van der Waals surface area contributed by atoms with E-state index >= 15 is 0 Å². The van der Waals surface area contributed by atoms with Crippen molar-refractivity contribution < 1.29 is 13.5 Å². The van der Waals surface area contributed by atoms with Gasteiger partial charge in [0.15, 0.2) is 5.03 Å². The molecule has 0 bridgehead atoms. The second kappa shape index (κ2) is 5.60. The summed E-state index contributed by atoms with van der Waals surface area (Å²) in [5.74, 6) is 0.706. The molecule has 1 aromatic heterocycles. The van der Waals surface area contributed by atoms with E-state index in [-0.39, 0.29) is 11.6 Å². The zero-order chi connectivity index (χ0) is 14.0. The molecule has 1 N–H and O–H groups in total. The first-order valence-corrected chi connectivity index (χ1v) is 8.11. The van der Waals surface area contributed by atoms with Crippen LogP contribution in [0.15, 0.2) is 11.2 Å². The molecular weight excluding hydrogens is 266 g/mol. The SMILES string of the molecule is CCCn1cc(S(=O)(=O)N2CCCC(O)C2)nc1C. The number of piperidine rings is 1. The average Bonchev–Trinajstić information content (AvgIpc) is 2.72. The van der Waals surface area contributed by atoms with Gasteiger partial charge in [-0.05, 0) is 26.2 Å². The van der Waals surface area contributed by atoms with E-state index in [1.165, 1.54) is 4.31 Å². The zero-order valence-corrected chi connectivity index (χ0v) is 12.2. The molecule has 0 radical (unpaired) electrons. The summed E-state index contributed by atoms with van der Waals surface area (Å²) in [6.45, 7) is 5.23. The van der Waals surface area contributed by atoms with E-state index in [1.807, 2.05) is 11.5 Å². The van der Waals surface area contributed by atoms with Crippen molar-refractivity contribution in [1.82, 2.24) is 13.9 Å². The smallest absolute Gasteiger partial charge is 0.262 e. The minimum atomic E-state index is -3.57. The third-order valence-electron chi connectivity index (χ3n) is 3.38. The number of aliphatic hydroxyl groups is 1. The topological polar surface area (TPSA) is 75.4 Å². The third-order valence-corrected chi connectivity index (χ3v) is 5.12. The van der Waals surface area contributed by atoms with Crippen molar-refractivity contribution in [2.75, 3.05) is 13.1 Å². The number of aliphatic hydroxyl groups excluding tert-OH is 1. The molecule has 1 aromatic rings. The van der Waals surface area contributed by atoms with Crippen LogP contribution in [-0.2, 0) is 16.6 Å². The maximum Gasteiger partial charge on any atom is 0.262 e. The van der Waals surface area contributed by atoms with E-state index in [4.69, 9.17) is 0 Å². The van der Waals surface area contributed by atoms with E-state index in [2.05, 4.69) is 4.98 Å².